The number of nitrogens with one attached hydrogen (secondary N) is 2. The van der Waals surface area contributed by atoms with Gasteiger partial charge in [-0.15, -0.1) is 0 Å². The highest BCUT2D eigenvalue weighted by atomic mass is 19.1. The first kappa shape index (κ1) is 25.2. The average molecular weight is 502 g/mol. The van der Waals surface area contributed by atoms with Gasteiger partial charge < -0.3 is 15.4 Å². The Morgan fingerprint density at radius 1 is 1.00 bits per heavy atom. The molecule has 0 saturated carbocycles. The molecule has 2 N–H and O–H groups in total. The first-order valence-electron chi connectivity index (χ1n) is 11.5. The molecule has 2 aromatic heterocycles. The third kappa shape index (κ3) is 5.69. The number of anilines is 1. The maximum atomic E-state index is 14.8. The van der Waals surface area contributed by atoms with Gasteiger partial charge in [0.2, 0.25) is 0 Å². The highest BCUT2D eigenvalue weighted by molar-refractivity contribution is 6.03. The Morgan fingerprint density at radius 2 is 1.78 bits per heavy atom. The van der Waals surface area contributed by atoms with Gasteiger partial charge in [-0.2, -0.15) is 9.78 Å². The van der Waals surface area contributed by atoms with Crippen molar-refractivity contribution < 1.29 is 18.7 Å². The summed E-state index contributed by atoms with van der Waals surface area (Å²) in [6, 6.07) is 15.3. The third-order valence-electron chi connectivity index (χ3n) is 5.40. The number of aryl methyl sites for hydroxylation is 2. The van der Waals surface area contributed by atoms with Gasteiger partial charge in [-0.25, -0.2) is 4.39 Å². The molecule has 10 heteroatoms. The first-order chi connectivity index (χ1) is 17.8. The second kappa shape index (κ2) is 10.8. The highest BCUT2D eigenvalue weighted by Crippen LogP contribution is 2.27. The van der Waals surface area contributed by atoms with E-state index in [2.05, 4.69) is 20.7 Å². The summed E-state index contributed by atoms with van der Waals surface area (Å²) < 4.78 is 21.5. The van der Waals surface area contributed by atoms with Crippen LogP contribution in [0.25, 0.3) is 5.69 Å². The quantitative estimate of drug-likeness (QED) is 0.393. The van der Waals surface area contributed by atoms with E-state index in [0.29, 0.717) is 17.8 Å². The number of amides is 2. The molecule has 0 atom stereocenters. The van der Waals surface area contributed by atoms with E-state index in [1.807, 2.05) is 19.1 Å². The fraction of sp³-hybridized carbons (Fsp3) is 0.148. The molecule has 0 unspecified atom stereocenters. The van der Waals surface area contributed by atoms with Gasteiger partial charge in [0.15, 0.2) is 17.3 Å². The number of ether oxygens (including phenoxy) is 1. The molecule has 4 rings (SSSR count). The molecule has 9 nitrogen and oxygen atoms in total. The molecule has 0 aliphatic carbocycles. The summed E-state index contributed by atoms with van der Waals surface area (Å²) in [5.41, 5.74) is 1.72. The fourth-order valence-electron chi connectivity index (χ4n) is 3.57. The molecule has 0 saturated heterocycles. The largest absolute Gasteiger partial charge is 0.454 e. The van der Waals surface area contributed by atoms with Crippen molar-refractivity contribution in [3.8, 4) is 17.2 Å². The van der Waals surface area contributed by atoms with Crippen molar-refractivity contribution in [2.75, 3.05) is 11.9 Å². The van der Waals surface area contributed by atoms with Gasteiger partial charge in [-0.05, 0) is 56.2 Å². The second-order valence-corrected chi connectivity index (χ2v) is 8.15. The van der Waals surface area contributed by atoms with Gasteiger partial charge in [0.1, 0.15) is 11.4 Å². The topological polar surface area (TPSA) is 115 Å². The lowest BCUT2D eigenvalue weighted by Gasteiger charge is -2.13. The van der Waals surface area contributed by atoms with Crippen LogP contribution in [0.3, 0.4) is 0 Å². The van der Waals surface area contributed by atoms with Gasteiger partial charge in [-0.3, -0.25) is 19.4 Å². The van der Waals surface area contributed by atoms with Crippen LogP contribution in [0.5, 0.6) is 11.5 Å². The van der Waals surface area contributed by atoms with Crippen molar-refractivity contribution in [2.45, 2.75) is 20.8 Å². The second-order valence-electron chi connectivity index (χ2n) is 8.15. The van der Waals surface area contributed by atoms with Crippen LogP contribution in [0.2, 0.25) is 0 Å². The van der Waals surface area contributed by atoms with Crippen LogP contribution in [0.15, 0.2) is 71.7 Å². The number of carbonyl (C=O) groups is 2. The number of halogens is 1. The summed E-state index contributed by atoms with van der Waals surface area (Å²) >= 11 is 0. The highest BCUT2D eigenvalue weighted by Gasteiger charge is 2.17. The van der Waals surface area contributed by atoms with E-state index in [4.69, 9.17) is 4.74 Å². The SMILES string of the molecule is CCNC(=O)c1cc(Oc2ccc(NC(=O)c3nn(-c4ccccc4C)c(=O)cc3C)cc2F)ccn1. The molecule has 2 heterocycles. The summed E-state index contributed by atoms with van der Waals surface area (Å²) in [7, 11) is 0. The number of carbonyl (C=O) groups excluding carboxylic acids is 2. The van der Waals surface area contributed by atoms with E-state index in [0.717, 1.165) is 11.6 Å². The van der Waals surface area contributed by atoms with Gasteiger partial charge in [0, 0.05) is 36.6 Å². The van der Waals surface area contributed by atoms with E-state index < -0.39 is 11.7 Å². The van der Waals surface area contributed by atoms with Crippen molar-refractivity contribution >= 4 is 17.5 Å². The van der Waals surface area contributed by atoms with E-state index in [1.165, 1.54) is 41.2 Å². The summed E-state index contributed by atoms with van der Waals surface area (Å²) in [6.07, 6.45) is 1.39. The Hall–Kier alpha value is -4.86. The number of benzene rings is 2. The van der Waals surface area contributed by atoms with Crippen LogP contribution >= 0.6 is 0 Å². The van der Waals surface area contributed by atoms with E-state index >= 15 is 0 Å². The molecule has 0 bridgehead atoms. The van der Waals surface area contributed by atoms with Crippen LogP contribution in [-0.2, 0) is 0 Å². The summed E-state index contributed by atoms with van der Waals surface area (Å²) in [5.74, 6) is -1.58. The lowest BCUT2D eigenvalue weighted by atomic mass is 10.2. The molecule has 0 fully saturated rings. The third-order valence-corrected chi connectivity index (χ3v) is 5.40. The standard InChI is InChI=1S/C27H24FN5O4/c1-4-29-26(35)21-15-19(11-12-30-21)37-23-10-9-18(14-20(23)28)31-27(36)25-17(3)13-24(34)33(32-25)22-8-6-5-7-16(22)2/h5-15H,4H2,1-3H3,(H,29,35)(H,31,36). The van der Waals surface area contributed by atoms with Crippen LogP contribution in [0.4, 0.5) is 10.1 Å². The number of aromatic nitrogens is 3. The molecule has 0 aliphatic heterocycles. The van der Waals surface area contributed by atoms with Gasteiger partial charge in [0.25, 0.3) is 17.4 Å². The monoisotopic (exact) mass is 501 g/mol. The molecule has 0 radical (unpaired) electrons. The van der Waals surface area contributed by atoms with Crippen molar-refractivity contribution in [1.82, 2.24) is 20.1 Å². The van der Waals surface area contributed by atoms with Crippen molar-refractivity contribution in [3.63, 3.8) is 0 Å². The normalized spacial score (nSPS) is 10.6. The minimum absolute atomic E-state index is 0.0262. The number of nitrogens with zero attached hydrogens (tertiary/aromatic N) is 3. The number of rotatable bonds is 7. The van der Waals surface area contributed by atoms with Crippen molar-refractivity contribution in [1.29, 1.82) is 0 Å². The first-order valence-corrected chi connectivity index (χ1v) is 11.5. The molecular formula is C27H24FN5O4. The van der Waals surface area contributed by atoms with Crippen molar-refractivity contribution in [2.24, 2.45) is 0 Å². The predicted octanol–water partition coefficient (Wildman–Crippen LogP) is 4.18. The number of hydrogen-bond acceptors (Lipinski definition) is 6. The Labute approximate surface area is 211 Å². The Balaban J connectivity index is 1.54. The number of hydrogen-bond donors (Lipinski definition) is 2. The zero-order chi connectivity index (χ0) is 26.5. The summed E-state index contributed by atoms with van der Waals surface area (Å²) in [4.78, 5) is 41.5. The maximum Gasteiger partial charge on any atom is 0.276 e. The number of para-hydroxylation sites is 1. The van der Waals surface area contributed by atoms with Crippen LogP contribution < -0.4 is 20.9 Å². The maximum absolute atomic E-state index is 14.8. The van der Waals surface area contributed by atoms with Gasteiger partial charge >= 0.3 is 0 Å². The lowest BCUT2D eigenvalue weighted by Crippen LogP contribution is -2.27. The molecule has 2 aromatic carbocycles. The van der Waals surface area contributed by atoms with Crippen molar-refractivity contribution in [3.05, 3.63) is 106 Å². The van der Waals surface area contributed by atoms with Gasteiger partial charge in [0.05, 0.1) is 5.69 Å². The molecule has 4 aromatic rings. The van der Waals surface area contributed by atoms with E-state index in [9.17, 15) is 18.8 Å². The van der Waals surface area contributed by atoms with Gasteiger partial charge in [-0.1, -0.05) is 18.2 Å². The Morgan fingerprint density at radius 3 is 2.51 bits per heavy atom. The zero-order valence-electron chi connectivity index (χ0n) is 20.4. The molecule has 0 aliphatic rings. The van der Waals surface area contributed by atoms with E-state index in [-0.39, 0.29) is 40.0 Å². The Bertz CT molecular complexity index is 1550. The zero-order valence-corrected chi connectivity index (χ0v) is 20.4. The lowest BCUT2D eigenvalue weighted by molar-refractivity contribution is 0.0949. The minimum Gasteiger partial charge on any atom is -0.454 e. The Kier molecular flexibility index (Phi) is 7.38. The number of pyridine rings is 1. The fourth-order valence-corrected chi connectivity index (χ4v) is 3.57. The van der Waals surface area contributed by atoms with Crippen LogP contribution in [0.1, 0.15) is 39.0 Å². The average Bonchev–Trinajstić information content (AvgIpc) is 2.87. The molecule has 37 heavy (non-hydrogen) atoms. The molecule has 2 amide bonds. The predicted molar refractivity (Wildman–Crippen MR) is 136 cm³/mol. The van der Waals surface area contributed by atoms with Crippen LogP contribution in [-0.4, -0.2) is 33.1 Å². The van der Waals surface area contributed by atoms with Crippen LogP contribution in [0, 0.1) is 19.7 Å². The molecular weight excluding hydrogens is 477 g/mol. The summed E-state index contributed by atoms with van der Waals surface area (Å²) in [6.45, 7) is 5.66. The van der Waals surface area contributed by atoms with E-state index in [1.54, 1.807) is 26.0 Å². The smallest absolute Gasteiger partial charge is 0.276 e. The molecule has 188 valence electrons. The summed E-state index contributed by atoms with van der Waals surface area (Å²) in [5, 5.41) is 9.50. The molecule has 0 spiro atoms. The minimum atomic E-state index is -0.733.